The van der Waals surface area contributed by atoms with E-state index in [1.807, 2.05) is 0 Å². The monoisotopic (exact) mass is 275 g/mol. The van der Waals surface area contributed by atoms with E-state index in [-0.39, 0.29) is 12.4 Å². The molecule has 6 heteroatoms. The Morgan fingerprint density at radius 3 is 2.37 bits per heavy atom. The van der Waals surface area contributed by atoms with Gasteiger partial charge in [0.05, 0.1) is 12.4 Å². The summed E-state index contributed by atoms with van der Waals surface area (Å²) in [5, 5.41) is 0. The summed E-state index contributed by atoms with van der Waals surface area (Å²) in [6.07, 6.45) is 0.933. The molecule has 0 aliphatic rings. The first-order valence-corrected chi connectivity index (χ1v) is 6.40. The van der Waals surface area contributed by atoms with Crippen LogP contribution in [0.4, 0.5) is 12.9 Å². The van der Waals surface area contributed by atoms with E-state index >= 15 is 0 Å². The Labute approximate surface area is 112 Å². The molecular formula is C13H19BF3O2-. The van der Waals surface area contributed by atoms with Gasteiger partial charge in [0.1, 0.15) is 6.61 Å². The summed E-state index contributed by atoms with van der Waals surface area (Å²) >= 11 is 0. The maximum absolute atomic E-state index is 12.7. The molecule has 0 saturated carbocycles. The molecule has 0 N–H and O–H groups in total. The largest absolute Gasteiger partial charge is 0.513 e. The third kappa shape index (κ3) is 6.01. The van der Waals surface area contributed by atoms with Crippen molar-refractivity contribution in [2.75, 3.05) is 19.8 Å². The van der Waals surface area contributed by atoms with Crippen molar-refractivity contribution in [3.8, 4) is 5.75 Å². The van der Waals surface area contributed by atoms with E-state index in [0.29, 0.717) is 19.1 Å². The minimum atomic E-state index is -5.04. The average molecular weight is 275 g/mol. The molecule has 0 spiro atoms. The second-order valence-electron chi connectivity index (χ2n) is 4.76. The quantitative estimate of drug-likeness (QED) is 0.536. The summed E-state index contributed by atoms with van der Waals surface area (Å²) in [7, 11) is 0. The zero-order chi connectivity index (χ0) is 14.3. The van der Waals surface area contributed by atoms with Crippen LogP contribution in [-0.4, -0.2) is 26.8 Å². The predicted octanol–water partition coefficient (Wildman–Crippen LogP) is 3.18. The van der Waals surface area contributed by atoms with Gasteiger partial charge in [0.2, 0.25) is 0 Å². The number of rotatable bonds is 8. The van der Waals surface area contributed by atoms with E-state index in [2.05, 4.69) is 13.8 Å². The van der Waals surface area contributed by atoms with Crippen LogP contribution in [0.1, 0.15) is 20.3 Å². The summed E-state index contributed by atoms with van der Waals surface area (Å²) in [4.78, 5) is 0. The summed E-state index contributed by atoms with van der Waals surface area (Å²) in [5.41, 5.74) is -0.690. The van der Waals surface area contributed by atoms with Crippen LogP contribution in [0, 0.1) is 5.92 Å². The highest BCUT2D eigenvalue weighted by Crippen LogP contribution is 2.17. The van der Waals surface area contributed by atoms with Crippen molar-refractivity contribution in [3.05, 3.63) is 24.3 Å². The van der Waals surface area contributed by atoms with Crippen molar-refractivity contribution in [2.45, 2.75) is 20.3 Å². The fourth-order valence-electron chi connectivity index (χ4n) is 1.51. The van der Waals surface area contributed by atoms with Crippen molar-refractivity contribution in [1.82, 2.24) is 0 Å². The number of ether oxygens (including phenoxy) is 2. The lowest BCUT2D eigenvalue weighted by molar-refractivity contribution is 0.0928. The van der Waals surface area contributed by atoms with Gasteiger partial charge in [0.15, 0.2) is 0 Å². The van der Waals surface area contributed by atoms with Gasteiger partial charge in [-0.05, 0) is 18.4 Å². The van der Waals surface area contributed by atoms with Gasteiger partial charge in [-0.1, -0.05) is 37.5 Å². The summed E-state index contributed by atoms with van der Waals surface area (Å²) in [6, 6.07) is 5.25. The molecule has 0 radical (unpaired) electrons. The number of hydrogen-bond acceptors (Lipinski definition) is 2. The molecule has 0 heterocycles. The standard InChI is InChI=1S/C13H19BF3O2/c1-11(2)7-8-18-9-10-19-13-6-4-3-5-12(13)14(15,16)17/h3-6,11H,7-10H2,1-2H3/q-1. The van der Waals surface area contributed by atoms with Gasteiger partial charge in [0.25, 0.3) is 0 Å². The molecule has 108 valence electrons. The number of hydrogen-bond donors (Lipinski definition) is 0. The summed E-state index contributed by atoms with van der Waals surface area (Å²) in [5.74, 6) is 0.428. The van der Waals surface area contributed by atoms with Crippen LogP contribution in [0.3, 0.4) is 0 Å². The molecule has 0 saturated heterocycles. The Morgan fingerprint density at radius 1 is 1.05 bits per heavy atom. The zero-order valence-electron chi connectivity index (χ0n) is 11.2. The van der Waals surface area contributed by atoms with E-state index in [0.717, 1.165) is 12.5 Å². The zero-order valence-corrected chi connectivity index (χ0v) is 11.2. The highest BCUT2D eigenvalue weighted by molar-refractivity contribution is 6.74. The van der Waals surface area contributed by atoms with Crippen LogP contribution in [0.25, 0.3) is 0 Å². The average Bonchev–Trinajstić information content (AvgIpc) is 2.32. The Kier molecular flexibility index (Phi) is 6.21. The van der Waals surface area contributed by atoms with Gasteiger partial charge >= 0.3 is 6.98 Å². The molecule has 0 atom stereocenters. The SMILES string of the molecule is CC(C)CCOCCOc1ccccc1[B-](F)(F)F. The second-order valence-corrected chi connectivity index (χ2v) is 4.76. The van der Waals surface area contributed by atoms with E-state index in [1.165, 1.54) is 18.2 Å². The Balaban J connectivity index is 2.37. The Bertz CT molecular complexity index is 380. The molecule has 0 bridgehead atoms. The van der Waals surface area contributed by atoms with E-state index in [4.69, 9.17) is 9.47 Å². The molecule has 0 aromatic heterocycles. The maximum Gasteiger partial charge on any atom is 0.513 e. The van der Waals surface area contributed by atoms with Crippen LogP contribution in [0.2, 0.25) is 0 Å². The van der Waals surface area contributed by atoms with Crippen LogP contribution in [0.15, 0.2) is 24.3 Å². The van der Waals surface area contributed by atoms with Crippen LogP contribution in [0.5, 0.6) is 5.75 Å². The molecule has 0 aliphatic heterocycles. The fraction of sp³-hybridized carbons (Fsp3) is 0.538. The van der Waals surface area contributed by atoms with E-state index in [9.17, 15) is 12.9 Å². The van der Waals surface area contributed by atoms with E-state index in [1.54, 1.807) is 0 Å². The van der Waals surface area contributed by atoms with Crippen molar-refractivity contribution < 1.29 is 22.4 Å². The molecular weight excluding hydrogens is 256 g/mol. The molecule has 0 amide bonds. The van der Waals surface area contributed by atoms with Crippen molar-refractivity contribution in [3.63, 3.8) is 0 Å². The third-order valence-electron chi connectivity index (χ3n) is 2.60. The molecule has 0 fully saturated rings. The predicted molar refractivity (Wildman–Crippen MR) is 70.9 cm³/mol. The molecule has 1 aromatic carbocycles. The second kappa shape index (κ2) is 7.43. The molecule has 0 aliphatic carbocycles. The number of halogens is 3. The minimum absolute atomic E-state index is 0.123. The summed E-state index contributed by atoms with van der Waals surface area (Å²) in [6.45, 7) is 0.155. The summed E-state index contributed by atoms with van der Waals surface area (Å²) < 4.78 is 48.6. The normalized spacial score (nSPS) is 11.9. The lowest BCUT2D eigenvalue weighted by Crippen LogP contribution is -2.35. The van der Waals surface area contributed by atoms with Crippen LogP contribution >= 0.6 is 0 Å². The lowest BCUT2D eigenvalue weighted by Gasteiger charge is -2.19. The topological polar surface area (TPSA) is 18.5 Å². The van der Waals surface area contributed by atoms with Gasteiger partial charge in [-0.15, -0.1) is 0 Å². The maximum atomic E-state index is 12.7. The Hall–Kier alpha value is -1.17. The third-order valence-corrected chi connectivity index (χ3v) is 2.60. The fourth-order valence-corrected chi connectivity index (χ4v) is 1.51. The number of para-hydroxylation sites is 1. The molecule has 0 unspecified atom stereocenters. The highest BCUT2D eigenvalue weighted by atomic mass is 19.4. The van der Waals surface area contributed by atoms with Crippen LogP contribution in [-0.2, 0) is 4.74 Å². The first-order valence-electron chi connectivity index (χ1n) is 6.40. The van der Waals surface area contributed by atoms with Crippen molar-refractivity contribution in [1.29, 1.82) is 0 Å². The van der Waals surface area contributed by atoms with Gasteiger partial charge in [-0.25, -0.2) is 0 Å². The molecule has 2 nitrogen and oxygen atoms in total. The molecule has 1 aromatic rings. The van der Waals surface area contributed by atoms with Crippen LogP contribution < -0.4 is 10.2 Å². The number of benzene rings is 1. The molecule has 19 heavy (non-hydrogen) atoms. The van der Waals surface area contributed by atoms with Gasteiger partial charge in [0, 0.05) is 6.61 Å². The highest BCUT2D eigenvalue weighted by Gasteiger charge is 2.28. The first-order chi connectivity index (χ1) is 8.91. The van der Waals surface area contributed by atoms with Gasteiger partial charge in [-0.2, -0.15) is 0 Å². The Morgan fingerprint density at radius 2 is 1.74 bits per heavy atom. The van der Waals surface area contributed by atoms with Gasteiger partial charge < -0.3 is 22.4 Å². The lowest BCUT2D eigenvalue weighted by atomic mass is 9.79. The van der Waals surface area contributed by atoms with Crippen molar-refractivity contribution >= 4 is 12.4 Å². The molecule has 1 rings (SSSR count). The van der Waals surface area contributed by atoms with E-state index < -0.39 is 12.4 Å². The first kappa shape index (κ1) is 15.9. The van der Waals surface area contributed by atoms with Gasteiger partial charge in [-0.3, -0.25) is 0 Å². The minimum Gasteiger partial charge on any atom is -0.494 e. The smallest absolute Gasteiger partial charge is 0.494 e. The van der Waals surface area contributed by atoms with Crippen molar-refractivity contribution in [2.24, 2.45) is 5.92 Å².